The van der Waals surface area contributed by atoms with E-state index < -0.39 is 8.32 Å². The van der Waals surface area contributed by atoms with Crippen LogP contribution < -0.4 is 0 Å². The molecule has 0 spiro atoms. The predicted molar refractivity (Wildman–Crippen MR) is 98.0 cm³/mol. The molecule has 1 aliphatic heterocycles. The van der Waals surface area contributed by atoms with Crippen molar-refractivity contribution < 1.29 is 9.22 Å². The van der Waals surface area contributed by atoms with Crippen LogP contribution in [0.25, 0.3) is 0 Å². The molecule has 0 bridgehead atoms. The quantitative estimate of drug-likeness (QED) is 0.772. The average Bonchev–Trinajstić information content (AvgIpc) is 2.46. The Labute approximate surface area is 142 Å². The second-order valence-electron chi connectivity index (χ2n) is 8.21. The number of piperidine rings is 1. The Bertz CT molecular complexity index is 536. The molecule has 2 rings (SSSR count). The average molecular weight is 334 g/mol. The summed E-state index contributed by atoms with van der Waals surface area (Å²) in [6, 6.07) is 10.6. The molecule has 2 atom stereocenters. The minimum Gasteiger partial charge on any atom is -0.405 e. The lowest BCUT2D eigenvalue weighted by Gasteiger charge is -2.45. The first kappa shape index (κ1) is 18.4. The van der Waals surface area contributed by atoms with Gasteiger partial charge in [0.15, 0.2) is 14.1 Å². The molecule has 1 heterocycles. The molecule has 3 nitrogen and oxygen atoms in total. The van der Waals surface area contributed by atoms with Crippen molar-refractivity contribution >= 4 is 14.1 Å². The number of carbonyl (C=O) groups is 1. The van der Waals surface area contributed by atoms with Crippen LogP contribution in [-0.2, 0) is 15.8 Å². The first-order valence-electron chi connectivity index (χ1n) is 8.60. The standard InChI is InChI=1S/C19H31NO2Si/c1-15-18(22-23(5,6)19(2,3)4)17(21)12-13-20(15)14-16-10-8-7-9-11-16/h7-11,15,18H,12-14H2,1-6H3. The van der Waals surface area contributed by atoms with Gasteiger partial charge in [-0.3, -0.25) is 9.69 Å². The van der Waals surface area contributed by atoms with E-state index in [2.05, 4.69) is 70.0 Å². The number of benzene rings is 1. The minimum atomic E-state index is -1.95. The number of ketones is 1. The molecule has 0 aliphatic carbocycles. The van der Waals surface area contributed by atoms with E-state index in [9.17, 15) is 4.79 Å². The molecule has 0 radical (unpaired) electrons. The van der Waals surface area contributed by atoms with Gasteiger partial charge in [0, 0.05) is 25.6 Å². The summed E-state index contributed by atoms with van der Waals surface area (Å²) in [6.07, 6.45) is 0.310. The van der Waals surface area contributed by atoms with Crippen LogP contribution in [0.2, 0.25) is 18.1 Å². The molecule has 1 aliphatic rings. The Hall–Kier alpha value is -0.973. The number of hydrogen-bond acceptors (Lipinski definition) is 3. The molecule has 23 heavy (non-hydrogen) atoms. The number of rotatable bonds is 4. The van der Waals surface area contributed by atoms with Crippen molar-refractivity contribution in [3.63, 3.8) is 0 Å². The summed E-state index contributed by atoms with van der Waals surface area (Å²) >= 11 is 0. The lowest BCUT2D eigenvalue weighted by atomic mass is 9.98. The predicted octanol–water partition coefficient (Wildman–Crippen LogP) is 4.24. The molecule has 0 aromatic heterocycles. The maximum Gasteiger partial charge on any atom is 0.193 e. The molecule has 4 heteroatoms. The van der Waals surface area contributed by atoms with Crippen molar-refractivity contribution in [3.8, 4) is 0 Å². The number of hydrogen-bond donors (Lipinski definition) is 0. The van der Waals surface area contributed by atoms with Gasteiger partial charge in [0.2, 0.25) is 0 Å². The Balaban J connectivity index is 2.11. The van der Waals surface area contributed by atoms with Gasteiger partial charge in [-0.25, -0.2) is 0 Å². The first-order chi connectivity index (χ1) is 10.6. The van der Waals surface area contributed by atoms with Gasteiger partial charge >= 0.3 is 0 Å². The van der Waals surface area contributed by atoms with E-state index in [4.69, 9.17) is 4.43 Å². The van der Waals surface area contributed by atoms with Gasteiger partial charge in [-0.15, -0.1) is 0 Å². The third-order valence-electron chi connectivity index (χ3n) is 5.43. The van der Waals surface area contributed by atoms with Gasteiger partial charge < -0.3 is 4.43 Å². The van der Waals surface area contributed by atoms with Gasteiger partial charge in [-0.2, -0.15) is 0 Å². The maximum atomic E-state index is 12.5. The normalized spacial score (nSPS) is 24.0. The summed E-state index contributed by atoms with van der Waals surface area (Å²) in [4.78, 5) is 14.9. The summed E-state index contributed by atoms with van der Waals surface area (Å²) < 4.78 is 6.48. The molecule has 1 aromatic carbocycles. The zero-order valence-electron chi connectivity index (χ0n) is 15.4. The molecule has 0 saturated carbocycles. The van der Waals surface area contributed by atoms with E-state index in [0.29, 0.717) is 6.42 Å². The van der Waals surface area contributed by atoms with Crippen molar-refractivity contribution in [2.24, 2.45) is 0 Å². The highest BCUT2D eigenvalue weighted by atomic mass is 28.4. The van der Waals surface area contributed by atoms with Crippen LogP contribution >= 0.6 is 0 Å². The number of carbonyl (C=O) groups excluding carboxylic acids is 1. The summed E-state index contributed by atoms with van der Waals surface area (Å²) in [6.45, 7) is 15.0. The number of Topliss-reactive ketones (excluding diaryl/α,β-unsaturated/α-hetero) is 1. The summed E-state index contributed by atoms with van der Waals surface area (Å²) in [5, 5.41) is 0.120. The van der Waals surface area contributed by atoms with E-state index in [0.717, 1.165) is 13.1 Å². The van der Waals surface area contributed by atoms with Crippen LogP contribution in [0, 0.1) is 0 Å². The van der Waals surface area contributed by atoms with Gasteiger partial charge in [0.1, 0.15) is 6.10 Å². The molecule has 2 unspecified atom stereocenters. The van der Waals surface area contributed by atoms with Gasteiger partial charge in [-0.1, -0.05) is 51.1 Å². The molecule has 0 amide bonds. The summed E-state index contributed by atoms with van der Waals surface area (Å²) in [5.74, 6) is 0.270. The van der Waals surface area contributed by atoms with E-state index in [-0.39, 0.29) is 23.0 Å². The summed E-state index contributed by atoms with van der Waals surface area (Å²) in [7, 11) is -1.95. The molecule has 1 aromatic rings. The van der Waals surface area contributed by atoms with Gasteiger partial charge in [0.25, 0.3) is 0 Å². The molecule has 1 fully saturated rings. The van der Waals surface area contributed by atoms with Gasteiger partial charge in [-0.05, 0) is 30.6 Å². The van der Waals surface area contributed by atoms with E-state index in [1.165, 1.54) is 5.56 Å². The summed E-state index contributed by atoms with van der Waals surface area (Å²) in [5.41, 5.74) is 1.29. The number of likely N-dealkylation sites (tertiary alicyclic amines) is 1. The highest BCUT2D eigenvalue weighted by Crippen LogP contribution is 2.38. The topological polar surface area (TPSA) is 29.5 Å². The fourth-order valence-electron chi connectivity index (χ4n) is 2.76. The molecule has 0 N–H and O–H groups in total. The maximum absolute atomic E-state index is 12.5. The van der Waals surface area contributed by atoms with Crippen molar-refractivity contribution in [1.29, 1.82) is 0 Å². The fourth-order valence-corrected chi connectivity index (χ4v) is 4.08. The second kappa shape index (κ2) is 6.87. The highest BCUT2D eigenvalue weighted by molar-refractivity contribution is 6.74. The third-order valence-corrected chi connectivity index (χ3v) is 9.89. The van der Waals surface area contributed by atoms with Crippen molar-refractivity contribution in [1.82, 2.24) is 4.90 Å². The van der Waals surface area contributed by atoms with Crippen LogP contribution in [0.3, 0.4) is 0 Å². The molecular weight excluding hydrogens is 302 g/mol. The van der Waals surface area contributed by atoms with Gasteiger partial charge in [0.05, 0.1) is 0 Å². The Morgan fingerprint density at radius 1 is 1.22 bits per heavy atom. The lowest BCUT2D eigenvalue weighted by Crippen LogP contribution is -2.57. The lowest BCUT2D eigenvalue weighted by molar-refractivity contribution is -0.134. The molecular formula is C19H31NO2Si. The first-order valence-corrected chi connectivity index (χ1v) is 11.5. The molecule has 1 saturated heterocycles. The van der Waals surface area contributed by atoms with Crippen molar-refractivity contribution in [2.45, 2.75) is 70.9 Å². The van der Waals surface area contributed by atoms with Crippen molar-refractivity contribution in [2.75, 3.05) is 6.54 Å². The third kappa shape index (κ3) is 4.31. The molecule has 128 valence electrons. The SMILES string of the molecule is CC1C(O[Si](C)(C)C(C)(C)C)C(=O)CCN1Cc1ccccc1. The van der Waals surface area contributed by atoms with E-state index >= 15 is 0 Å². The van der Waals surface area contributed by atoms with Crippen LogP contribution in [0.15, 0.2) is 30.3 Å². The van der Waals surface area contributed by atoms with Crippen LogP contribution in [0.5, 0.6) is 0 Å². The van der Waals surface area contributed by atoms with E-state index in [1.807, 2.05) is 6.07 Å². The fraction of sp³-hybridized carbons (Fsp3) is 0.632. The Morgan fingerprint density at radius 2 is 1.83 bits per heavy atom. The Morgan fingerprint density at radius 3 is 2.39 bits per heavy atom. The smallest absolute Gasteiger partial charge is 0.193 e. The number of nitrogens with zero attached hydrogens (tertiary/aromatic N) is 1. The highest BCUT2D eigenvalue weighted by Gasteiger charge is 2.44. The van der Waals surface area contributed by atoms with Crippen LogP contribution in [0.4, 0.5) is 0 Å². The van der Waals surface area contributed by atoms with Crippen LogP contribution in [-0.4, -0.2) is 37.7 Å². The zero-order chi connectivity index (χ0) is 17.3. The largest absolute Gasteiger partial charge is 0.405 e. The second-order valence-corrected chi connectivity index (χ2v) is 13.0. The zero-order valence-corrected chi connectivity index (χ0v) is 16.4. The monoisotopic (exact) mass is 333 g/mol. The van der Waals surface area contributed by atoms with Crippen molar-refractivity contribution in [3.05, 3.63) is 35.9 Å². The van der Waals surface area contributed by atoms with E-state index in [1.54, 1.807) is 0 Å². The minimum absolute atomic E-state index is 0.120. The van der Waals surface area contributed by atoms with Crippen LogP contribution in [0.1, 0.15) is 39.7 Å². The Kier molecular flexibility index (Phi) is 5.49.